The van der Waals surface area contributed by atoms with Crippen molar-refractivity contribution in [3.05, 3.63) is 300 Å². The van der Waals surface area contributed by atoms with E-state index >= 15 is 0 Å². The zero-order valence-corrected chi connectivity index (χ0v) is 86.3. The molecule has 13 aromatic rings. The van der Waals surface area contributed by atoms with Gasteiger partial charge in [0.25, 0.3) is 5.91 Å². The predicted octanol–water partition coefficient (Wildman–Crippen LogP) is 28.0. The Morgan fingerprint density at radius 3 is 0.971 bits per heavy atom. The highest BCUT2D eigenvalue weighted by atomic mass is 79.9. The van der Waals surface area contributed by atoms with Crippen LogP contribution in [0, 0.1) is 69.2 Å². The summed E-state index contributed by atoms with van der Waals surface area (Å²) in [4.78, 5) is 60.1. The van der Waals surface area contributed by atoms with E-state index in [0.717, 1.165) is 215 Å². The van der Waals surface area contributed by atoms with Crippen molar-refractivity contribution in [2.45, 2.75) is 150 Å². The number of nitrogens with two attached hydrogens (primary N) is 1. The quantitative estimate of drug-likeness (QED) is 0.0161. The molecule has 13 rings (SSSR count). The Kier molecular flexibility index (Phi) is 50.9. The predicted molar refractivity (Wildman–Crippen MR) is 557 cm³/mol. The van der Waals surface area contributed by atoms with Gasteiger partial charge in [-0.2, -0.15) is 0 Å². The molecule has 27 heteroatoms. The van der Waals surface area contributed by atoms with Gasteiger partial charge in [-0.25, -0.2) is 9.97 Å². The average molecular weight is 1990 g/mol. The van der Waals surface area contributed by atoms with E-state index in [9.17, 15) is 19.2 Å². The largest absolute Gasteiger partial charge is 0.508 e. The zero-order valence-electron chi connectivity index (χ0n) is 82.3. The molecule has 0 saturated heterocycles. The van der Waals surface area contributed by atoms with E-state index in [2.05, 4.69) is 89.4 Å². The van der Waals surface area contributed by atoms with Crippen molar-refractivity contribution in [1.29, 1.82) is 0 Å². The molecule has 0 radical (unpaired) electrons. The highest BCUT2D eigenvalue weighted by molar-refractivity contribution is 9.09. The van der Waals surface area contributed by atoms with Crippen LogP contribution in [-0.4, -0.2) is 135 Å². The highest BCUT2D eigenvalue weighted by Gasteiger charge is 2.19. The van der Waals surface area contributed by atoms with Crippen LogP contribution in [0.15, 0.2) is 217 Å². The molecule has 1 amide bonds. The first-order chi connectivity index (χ1) is 65.8. The number of methoxy groups -OCH3 is 3. The summed E-state index contributed by atoms with van der Waals surface area (Å²) in [6.45, 7) is 38.7. The number of pyridine rings is 1. The number of aliphatic hydroxyl groups excluding tert-OH is 1. The van der Waals surface area contributed by atoms with E-state index in [4.69, 9.17) is 79.7 Å². The van der Waals surface area contributed by atoms with Crippen molar-refractivity contribution < 1.29 is 86.2 Å². The lowest BCUT2D eigenvalue weighted by Gasteiger charge is -2.13. The molecule has 10 aromatic carbocycles. The van der Waals surface area contributed by atoms with Gasteiger partial charge in [-0.1, -0.05) is 62.1 Å². The third-order valence-electron chi connectivity index (χ3n) is 19.6. The summed E-state index contributed by atoms with van der Waals surface area (Å²) >= 11 is 11.9. The van der Waals surface area contributed by atoms with E-state index in [0.29, 0.717) is 65.8 Å². The first kappa shape index (κ1) is 113. The minimum absolute atomic E-state index is 0.0824. The number of aromatic hydroxyl groups is 1. The number of aliphatic hydroxyl groups is 1. The molecule has 0 fully saturated rings. The number of benzene rings is 10. The summed E-state index contributed by atoms with van der Waals surface area (Å²) < 4.78 is 65.3. The Balaban J connectivity index is 0.000000254. The number of carbonyl (C=O) groups is 4. The highest BCUT2D eigenvalue weighted by Crippen LogP contribution is 2.39. The fraction of sp³-hybridized carbons (Fsp3) is 0.318. The standard InChI is InChI=1S/C26H25N3O3S.C20H22N2O2S.C19H21BrO3.C19H22O3.C10H11ClO.C9H12O3.C4H10O.C3H8O2/c1-4-13-31-20-5-7-21(8-6-20)32-22-14-17(2)24(18(3)15-22)23-16-33-26(28-23)29-25(30)19-9-11-27-12-10-19;1-4-9-23-15-5-7-16(8-6-15)24-17-10-13(2)19(14(3)11-17)18-12-25-20(21)22-18;1-4-9-22-15-5-7-16(8-6-15)23-17-10-13(2)19(14(3)11-17)18(21)12-20;1-5-10-21-16-6-8-17(9-7-16)22-18-11-13(2)19(15(4)20)14(3)12-18;1-6-4-9(11)5-7(2)10(6)8(3)12;1-11-6-7-12-9-4-2-8(10)3-5-9;1-3-4-5-2;1-5-3-2-4/h5-12,14-16H,4,13H2,1-3H3,(H,28,29,30);5-8,10-12H,4,9H2,1-3H3,(H2,21,22);5-8,10-11H,4,9,12H2,1-3H3;6-9,11-12H,5,10H2,1-4H3;4-5H,1-3H3;2-5,10H,6-7H2,1H3;3-4H2,1-2H3;4H,2-3H2,1H3. The van der Waals surface area contributed by atoms with E-state index in [1.807, 2.05) is 224 Å². The molecule has 5 N–H and O–H groups in total. The van der Waals surface area contributed by atoms with Crippen molar-refractivity contribution >= 4 is 83.7 Å². The minimum atomic E-state index is -0.207. The first-order valence-electron chi connectivity index (χ1n) is 45.2. The summed E-state index contributed by atoms with van der Waals surface area (Å²) in [5, 5.41) is 25.8. The van der Waals surface area contributed by atoms with E-state index < -0.39 is 0 Å². The lowest BCUT2D eigenvalue weighted by Crippen LogP contribution is -2.11. The summed E-state index contributed by atoms with van der Waals surface area (Å²) in [6.07, 6.45) is 8.24. The van der Waals surface area contributed by atoms with Gasteiger partial charge < -0.3 is 72.8 Å². The molecule has 23 nitrogen and oxygen atoms in total. The maximum absolute atomic E-state index is 12.4. The monoisotopic (exact) mass is 1990 g/mol. The molecule has 0 atom stereocenters. The van der Waals surface area contributed by atoms with Crippen LogP contribution < -0.4 is 53.7 Å². The van der Waals surface area contributed by atoms with Crippen molar-refractivity contribution in [2.75, 3.05) is 97.2 Å². The molecule has 0 aliphatic rings. The van der Waals surface area contributed by atoms with E-state index in [-0.39, 0.29) is 35.6 Å². The number of halogens is 2. The van der Waals surface area contributed by atoms with Crippen molar-refractivity contribution in [1.82, 2.24) is 15.0 Å². The Morgan fingerprint density at radius 1 is 0.380 bits per heavy atom. The second-order valence-electron chi connectivity index (χ2n) is 31.3. The molecule has 730 valence electrons. The van der Waals surface area contributed by atoms with Gasteiger partial charge in [-0.05, 0) is 365 Å². The second kappa shape index (κ2) is 61.6. The lowest BCUT2D eigenvalue weighted by molar-refractivity contribution is 0.100. The number of alkyl halides is 1. The van der Waals surface area contributed by atoms with Crippen LogP contribution in [0.1, 0.15) is 178 Å². The van der Waals surface area contributed by atoms with Gasteiger partial charge >= 0.3 is 0 Å². The number of ether oxygens (including phenoxy) is 12. The number of nitrogens with zero attached hydrogens (tertiary/aromatic N) is 3. The van der Waals surface area contributed by atoms with Crippen molar-refractivity contribution in [3.63, 3.8) is 0 Å². The molecule has 0 spiro atoms. The van der Waals surface area contributed by atoms with Gasteiger partial charge in [-0.3, -0.25) is 29.5 Å². The second-order valence-corrected chi connectivity index (χ2v) is 34.1. The number of anilines is 2. The van der Waals surface area contributed by atoms with Crippen LogP contribution in [0.4, 0.5) is 10.3 Å². The summed E-state index contributed by atoms with van der Waals surface area (Å²) in [6, 6.07) is 59.6. The molecular weight excluding hydrogens is 1860 g/mol. The molecule has 0 bridgehead atoms. The number of thiazole rings is 2. The number of hydrogen-bond donors (Lipinski definition) is 4. The van der Waals surface area contributed by atoms with Crippen molar-refractivity contribution in [2.24, 2.45) is 0 Å². The number of amides is 1. The van der Waals surface area contributed by atoms with Gasteiger partial charge in [0.2, 0.25) is 0 Å². The number of ketones is 3. The Labute approximate surface area is 829 Å². The maximum atomic E-state index is 12.4. The van der Waals surface area contributed by atoms with Crippen LogP contribution in [-0.2, 0) is 14.2 Å². The van der Waals surface area contributed by atoms with E-state index in [1.165, 1.54) is 22.7 Å². The summed E-state index contributed by atoms with van der Waals surface area (Å²) in [5.41, 5.74) is 22.5. The molecular formula is C110H131BrClN5O18S2. The number of carbonyl (C=O) groups excluding carboxylic acids is 4. The Bertz CT molecular complexity index is 5720. The van der Waals surface area contributed by atoms with Gasteiger partial charge in [0.15, 0.2) is 27.6 Å². The number of nitrogens with one attached hydrogen (secondary N) is 1. The number of aromatic nitrogens is 3. The maximum Gasteiger partial charge on any atom is 0.257 e. The number of hydrogen-bond acceptors (Lipinski definition) is 24. The van der Waals surface area contributed by atoms with E-state index in [1.54, 1.807) is 84.0 Å². The molecule has 0 aliphatic heterocycles. The minimum Gasteiger partial charge on any atom is -0.508 e. The Morgan fingerprint density at radius 2 is 0.679 bits per heavy atom. The number of phenols is 1. The van der Waals surface area contributed by atoms with Crippen molar-refractivity contribution in [3.8, 4) is 103 Å². The number of rotatable bonds is 36. The summed E-state index contributed by atoms with van der Waals surface area (Å²) in [5.74, 6) is 10.5. The van der Waals surface area contributed by atoms with Crippen LogP contribution in [0.25, 0.3) is 22.5 Å². The fourth-order valence-corrected chi connectivity index (χ4v) is 15.6. The van der Waals surface area contributed by atoms with Crippen LogP contribution in [0.3, 0.4) is 0 Å². The first-order valence-corrected chi connectivity index (χ1v) is 48.4. The third-order valence-corrected chi connectivity index (χ3v) is 21.7. The topological polar surface area (TPSA) is 296 Å². The SMILES string of the molecule is CC(=O)c1c(C)cc(Cl)cc1C.CCCOC.CCCOc1ccc(Oc2cc(C)c(-c3csc(N)n3)c(C)c2)cc1.CCCOc1ccc(Oc2cc(C)c(-c3csc(NC(=O)c4ccncc4)n3)c(C)c2)cc1.CCCOc1ccc(Oc2cc(C)c(C(=O)CBr)c(C)c2)cc1.CCCOc1ccc(Oc2cc(C)c(C(C)=O)c(C)c2)cc1.COCCO.COCCOc1ccc(O)cc1. The normalized spacial score (nSPS) is 10.3. The van der Waals surface area contributed by atoms with Gasteiger partial charge in [0.05, 0.1) is 63.0 Å². The van der Waals surface area contributed by atoms with Gasteiger partial charge in [0.1, 0.15) is 87.1 Å². The van der Waals surface area contributed by atoms with Gasteiger partial charge in [-0.15, -0.1) is 22.7 Å². The van der Waals surface area contributed by atoms with Crippen LogP contribution >= 0.6 is 50.2 Å². The molecule has 3 heterocycles. The smallest absolute Gasteiger partial charge is 0.257 e. The number of Topliss-reactive ketones (excluding diaryl/α,β-unsaturated/α-hetero) is 3. The number of nitrogen functional groups attached to an aromatic ring is 1. The summed E-state index contributed by atoms with van der Waals surface area (Å²) in [7, 11) is 4.89. The number of phenolic OH excluding ortho intramolecular Hbond substituents is 1. The molecule has 3 aromatic heterocycles. The van der Waals surface area contributed by atoms with Crippen LogP contribution in [0.2, 0.25) is 5.02 Å². The Hall–Kier alpha value is -12.5. The lowest BCUT2D eigenvalue weighted by atomic mass is 9.99. The molecule has 0 unspecified atom stereocenters. The average Bonchev–Trinajstić information content (AvgIpc) is 1.68. The fourth-order valence-electron chi connectivity index (χ4n) is 13.7. The van der Waals surface area contributed by atoms with Crippen LogP contribution in [0.5, 0.6) is 80.5 Å². The molecule has 0 saturated carbocycles. The molecule has 137 heavy (non-hydrogen) atoms. The third kappa shape index (κ3) is 39.6. The zero-order chi connectivity index (χ0) is 100. The molecule has 0 aliphatic carbocycles. The number of aryl methyl sites for hydroxylation is 10. The van der Waals surface area contributed by atoms with Gasteiger partial charge in [0, 0.05) is 89.5 Å².